The molecule has 0 N–H and O–H groups in total. The fraction of sp³-hybridized carbons (Fsp3) is 0.227. The van der Waals surface area contributed by atoms with Crippen LogP contribution in [0.1, 0.15) is 22.0 Å². The van der Waals surface area contributed by atoms with E-state index in [1.54, 1.807) is 11.3 Å². The van der Waals surface area contributed by atoms with E-state index in [-0.39, 0.29) is 0 Å². The molecule has 4 aromatic rings. The number of hydrogen-bond acceptors (Lipinski definition) is 5. The molecule has 0 bridgehead atoms. The van der Waals surface area contributed by atoms with Gasteiger partial charge in [-0.25, -0.2) is 0 Å². The van der Waals surface area contributed by atoms with E-state index in [9.17, 15) is 0 Å². The van der Waals surface area contributed by atoms with Crippen LogP contribution < -0.4 is 4.90 Å². The summed E-state index contributed by atoms with van der Waals surface area (Å²) in [6.07, 6.45) is 0. The van der Waals surface area contributed by atoms with E-state index >= 15 is 0 Å². The van der Waals surface area contributed by atoms with Gasteiger partial charge in [-0.3, -0.25) is 4.68 Å². The number of nitrogens with zero attached hydrogens (tertiary/aromatic N) is 5. The van der Waals surface area contributed by atoms with Crippen molar-refractivity contribution in [2.75, 3.05) is 11.9 Å². The van der Waals surface area contributed by atoms with E-state index in [0.717, 1.165) is 32.5 Å². The maximum Gasteiger partial charge on any atom is 0.208 e. The Morgan fingerprint density at radius 3 is 2.45 bits per heavy atom. The standard InChI is InChI=1S/C22H22BrN5S/c1-15-21(23)16(2)28(26-15)14-20-24-25-22(29-20)27(3)13-18-11-7-8-12-19(18)17-9-5-4-6-10-17/h4-12H,13-14H2,1-3H3. The Hall–Kier alpha value is -2.51. The second kappa shape index (κ2) is 8.47. The van der Waals surface area contributed by atoms with Crippen molar-refractivity contribution in [3.8, 4) is 11.1 Å². The predicted octanol–water partition coefficient (Wildman–Crippen LogP) is 5.47. The number of rotatable bonds is 6. The molecule has 2 aromatic heterocycles. The van der Waals surface area contributed by atoms with Gasteiger partial charge in [-0.05, 0) is 46.5 Å². The van der Waals surface area contributed by atoms with Crippen LogP contribution in [0.15, 0.2) is 59.1 Å². The third kappa shape index (κ3) is 4.26. The van der Waals surface area contributed by atoms with Crippen LogP contribution >= 0.6 is 27.3 Å². The average Bonchev–Trinajstić information content (AvgIpc) is 3.30. The Morgan fingerprint density at radius 1 is 1.00 bits per heavy atom. The van der Waals surface area contributed by atoms with E-state index in [4.69, 9.17) is 0 Å². The van der Waals surface area contributed by atoms with Crippen molar-refractivity contribution in [2.24, 2.45) is 0 Å². The van der Waals surface area contributed by atoms with Gasteiger partial charge in [-0.15, -0.1) is 10.2 Å². The fourth-order valence-electron chi connectivity index (χ4n) is 3.30. The number of anilines is 1. The first-order valence-electron chi connectivity index (χ1n) is 9.39. The average molecular weight is 468 g/mol. The molecule has 5 nitrogen and oxygen atoms in total. The lowest BCUT2D eigenvalue weighted by Crippen LogP contribution is -2.16. The largest absolute Gasteiger partial charge is 0.345 e. The Labute approximate surface area is 183 Å². The summed E-state index contributed by atoms with van der Waals surface area (Å²) in [5.41, 5.74) is 5.83. The summed E-state index contributed by atoms with van der Waals surface area (Å²) >= 11 is 5.19. The summed E-state index contributed by atoms with van der Waals surface area (Å²) in [4.78, 5) is 2.15. The van der Waals surface area contributed by atoms with Gasteiger partial charge in [0.05, 0.1) is 22.4 Å². The zero-order valence-electron chi connectivity index (χ0n) is 16.6. The maximum absolute atomic E-state index is 4.57. The summed E-state index contributed by atoms with van der Waals surface area (Å²) in [6, 6.07) is 19.0. The molecule has 0 amide bonds. The molecule has 4 rings (SSSR count). The molecule has 0 aliphatic rings. The van der Waals surface area contributed by atoms with Crippen molar-refractivity contribution >= 4 is 32.4 Å². The molecule has 0 fully saturated rings. The molecule has 0 aliphatic heterocycles. The predicted molar refractivity (Wildman–Crippen MR) is 122 cm³/mol. The highest BCUT2D eigenvalue weighted by Gasteiger charge is 2.15. The Kier molecular flexibility index (Phi) is 5.78. The number of aromatic nitrogens is 4. The lowest BCUT2D eigenvalue weighted by atomic mass is 9.99. The molecule has 0 spiro atoms. The highest BCUT2D eigenvalue weighted by molar-refractivity contribution is 9.10. The van der Waals surface area contributed by atoms with Gasteiger partial charge in [-0.2, -0.15) is 5.10 Å². The van der Waals surface area contributed by atoms with Gasteiger partial charge >= 0.3 is 0 Å². The molecule has 0 aliphatic carbocycles. The second-order valence-corrected chi connectivity index (χ2v) is 8.83. The molecule has 0 unspecified atom stereocenters. The molecule has 0 saturated heterocycles. The summed E-state index contributed by atoms with van der Waals surface area (Å²) in [5, 5.41) is 15.2. The monoisotopic (exact) mass is 467 g/mol. The van der Waals surface area contributed by atoms with Crippen molar-refractivity contribution < 1.29 is 0 Å². The van der Waals surface area contributed by atoms with Crippen LogP contribution in [0.4, 0.5) is 5.13 Å². The van der Waals surface area contributed by atoms with Gasteiger partial charge in [0.15, 0.2) is 0 Å². The van der Waals surface area contributed by atoms with Crippen molar-refractivity contribution in [2.45, 2.75) is 26.9 Å². The molecular weight excluding hydrogens is 446 g/mol. The van der Waals surface area contributed by atoms with E-state index in [0.29, 0.717) is 6.54 Å². The van der Waals surface area contributed by atoms with E-state index in [1.807, 2.05) is 17.7 Å². The van der Waals surface area contributed by atoms with Crippen LogP contribution in [-0.4, -0.2) is 27.0 Å². The summed E-state index contributed by atoms with van der Waals surface area (Å²) in [7, 11) is 2.06. The smallest absolute Gasteiger partial charge is 0.208 e. The van der Waals surface area contributed by atoms with Gasteiger partial charge in [0.2, 0.25) is 5.13 Å². The van der Waals surface area contributed by atoms with Crippen LogP contribution in [0.25, 0.3) is 11.1 Å². The first-order chi connectivity index (χ1) is 14.0. The SMILES string of the molecule is Cc1nn(Cc2nnc(N(C)Cc3ccccc3-c3ccccc3)s2)c(C)c1Br. The van der Waals surface area contributed by atoms with Crippen molar-refractivity contribution in [3.63, 3.8) is 0 Å². The minimum absolute atomic E-state index is 0.629. The molecule has 0 atom stereocenters. The van der Waals surface area contributed by atoms with E-state index < -0.39 is 0 Å². The van der Waals surface area contributed by atoms with Gasteiger partial charge in [0.25, 0.3) is 0 Å². The van der Waals surface area contributed by atoms with Crippen LogP contribution in [0.2, 0.25) is 0 Å². The van der Waals surface area contributed by atoms with Gasteiger partial charge < -0.3 is 4.90 Å². The van der Waals surface area contributed by atoms with Crippen LogP contribution in [0, 0.1) is 13.8 Å². The molecule has 0 saturated carbocycles. The number of hydrogen-bond donors (Lipinski definition) is 0. The second-order valence-electron chi connectivity index (χ2n) is 7.00. The molecule has 29 heavy (non-hydrogen) atoms. The zero-order valence-corrected chi connectivity index (χ0v) is 19.0. The Balaban J connectivity index is 1.52. The Morgan fingerprint density at radius 2 is 1.72 bits per heavy atom. The quantitative estimate of drug-likeness (QED) is 0.377. The first kappa shape index (κ1) is 19.8. The van der Waals surface area contributed by atoms with E-state index in [1.165, 1.54) is 16.7 Å². The van der Waals surface area contributed by atoms with Crippen molar-refractivity contribution in [1.29, 1.82) is 0 Å². The highest BCUT2D eigenvalue weighted by atomic mass is 79.9. The van der Waals surface area contributed by atoms with Crippen LogP contribution in [0.5, 0.6) is 0 Å². The molecule has 2 aromatic carbocycles. The number of halogens is 1. The van der Waals surface area contributed by atoms with Crippen molar-refractivity contribution in [1.82, 2.24) is 20.0 Å². The van der Waals surface area contributed by atoms with Gasteiger partial charge in [0, 0.05) is 13.6 Å². The molecule has 2 heterocycles. The van der Waals surface area contributed by atoms with Crippen LogP contribution in [0.3, 0.4) is 0 Å². The number of benzene rings is 2. The lowest BCUT2D eigenvalue weighted by molar-refractivity contribution is 0.650. The van der Waals surface area contributed by atoms with Gasteiger partial charge in [0.1, 0.15) is 5.01 Å². The van der Waals surface area contributed by atoms with Crippen molar-refractivity contribution in [3.05, 3.63) is 81.0 Å². The van der Waals surface area contributed by atoms with Crippen LogP contribution in [-0.2, 0) is 13.1 Å². The summed E-state index contributed by atoms with van der Waals surface area (Å²) in [6.45, 7) is 5.45. The maximum atomic E-state index is 4.57. The molecular formula is C22H22BrN5S. The third-order valence-corrected chi connectivity index (χ3v) is 7.04. The molecule has 0 radical (unpaired) electrons. The summed E-state index contributed by atoms with van der Waals surface area (Å²) < 4.78 is 3.02. The zero-order chi connectivity index (χ0) is 20.4. The first-order valence-corrected chi connectivity index (χ1v) is 11.0. The fourth-order valence-corrected chi connectivity index (χ4v) is 4.37. The minimum atomic E-state index is 0.629. The van der Waals surface area contributed by atoms with Gasteiger partial charge in [-0.1, -0.05) is 65.9 Å². The summed E-state index contributed by atoms with van der Waals surface area (Å²) in [5.74, 6) is 0. The minimum Gasteiger partial charge on any atom is -0.345 e. The normalized spacial score (nSPS) is 11.0. The third-order valence-electron chi connectivity index (χ3n) is 4.87. The highest BCUT2D eigenvalue weighted by Crippen LogP contribution is 2.28. The number of aryl methyl sites for hydroxylation is 1. The molecule has 148 valence electrons. The molecule has 7 heteroatoms. The topological polar surface area (TPSA) is 46.8 Å². The lowest BCUT2D eigenvalue weighted by Gasteiger charge is -2.18. The Bertz CT molecular complexity index is 1120. The van der Waals surface area contributed by atoms with E-state index in [2.05, 4.69) is 98.6 Å².